The predicted molar refractivity (Wildman–Crippen MR) is 102 cm³/mol. The first-order chi connectivity index (χ1) is 14.3. The van der Waals surface area contributed by atoms with Crippen LogP contribution in [0, 0.1) is 10.1 Å². The van der Waals surface area contributed by atoms with Gasteiger partial charge in [0, 0.05) is 17.7 Å². The number of hydrogen-bond donors (Lipinski definition) is 2. The van der Waals surface area contributed by atoms with Crippen LogP contribution < -0.4 is 15.8 Å². The summed E-state index contributed by atoms with van der Waals surface area (Å²) in [5.41, 5.74) is 4.74. The summed E-state index contributed by atoms with van der Waals surface area (Å²) in [5, 5.41) is 12.9. The second-order valence-electron chi connectivity index (χ2n) is 5.91. The third-order valence-electron chi connectivity index (χ3n) is 3.66. The zero-order chi connectivity index (χ0) is 22.1. The lowest BCUT2D eigenvalue weighted by Gasteiger charge is -2.16. The standard InChI is InChI=1S/C19H17N3O8/c20-17(24)10-15(21-19(26)30-14-7-2-1-3-8-14)18(25)29-11-16(23)12-5-4-6-13(9-12)22(27)28/h1-9,15H,10-11H2,(H2,20,24)(H,21,26)/t15-/m0/s1. The summed E-state index contributed by atoms with van der Waals surface area (Å²) in [4.78, 5) is 57.6. The van der Waals surface area contributed by atoms with Crippen molar-refractivity contribution in [1.29, 1.82) is 0 Å². The van der Waals surface area contributed by atoms with Gasteiger partial charge in [-0.3, -0.25) is 19.7 Å². The van der Waals surface area contributed by atoms with Crippen LogP contribution >= 0.6 is 0 Å². The smallest absolute Gasteiger partial charge is 0.413 e. The van der Waals surface area contributed by atoms with E-state index in [0.717, 1.165) is 6.07 Å². The maximum absolute atomic E-state index is 12.2. The van der Waals surface area contributed by atoms with Gasteiger partial charge < -0.3 is 20.5 Å². The van der Waals surface area contributed by atoms with Gasteiger partial charge in [-0.1, -0.05) is 30.3 Å². The van der Waals surface area contributed by atoms with E-state index in [9.17, 15) is 29.3 Å². The van der Waals surface area contributed by atoms with Crippen molar-refractivity contribution in [2.24, 2.45) is 5.73 Å². The zero-order valence-electron chi connectivity index (χ0n) is 15.5. The van der Waals surface area contributed by atoms with Crippen molar-refractivity contribution in [3.63, 3.8) is 0 Å². The van der Waals surface area contributed by atoms with Crippen molar-refractivity contribution >= 4 is 29.4 Å². The number of nitro groups is 1. The van der Waals surface area contributed by atoms with Gasteiger partial charge in [0.15, 0.2) is 6.61 Å². The molecule has 2 amide bonds. The fraction of sp³-hybridized carbons (Fsp3) is 0.158. The number of primary amides is 1. The number of rotatable bonds is 9. The van der Waals surface area contributed by atoms with Crippen LogP contribution in [0.5, 0.6) is 5.75 Å². The van der Waals surface area contributed by atoms with Crippen LogP contribution in [0.3, 0.4) is 0 Å². The number of nitrogens with one attached hydrogen (secondary N) is 1. The Hall–Kier alpha value is -4.28. The van der Waals surface area contributed by atoms with Gasteiger partial charge >= 0.3 is 12.1 Å². The molecular formula is C19H17N3O8. The van der Waals surface area contributed by atoms with E-state index < -0.39 is 47.7 Å². The minimum absolute atomic E-state index is 0.0418. The molecule has 0 fully saturated rings. The summed E-state index contributed by atoms with van der Waals surface area (Å²) in [6, 6.07) is 11.3. The van der Waals surface area contributed by atoms with Crippen molar-refractivity contribution in [3.8, 4) is 5.75 Å². The number of para-hydroxylation sites is 1. The Morgan fingerprint density at radius 2 is 1.77 bits per heavy atom. The second-order valence-corrected chi connectivity index (χ2v) is 5.91. The molecule has 0 aliphatic heterocycles. The number of carbonyl (C=O) groups is 4. The van der Waals surface area contributed by atoms with Crippen molar-refractivity contribution in [2.75, 3.05) is 6.61 Å². The molecule has 0 aliphatic carbocycles. The van der Waals surface area contributed by atoms with E-state index in [-0.39, 0.29) is 17.0 Å². The molecule has 30 heavy (non-hydrogen) atoms. The van der Waals surface area contributed by atoms with Gasteiger partial charge in [-0.05, 0) is 12.1 Å². The quantitative estimate of drug-likeness (QED) is 0.268. The Kier molecular flexibility index (Phi) is 7.57. The molecule has 2 aromatic carbocycles. The molecule has 11 heteroatoms. The number of nitrogens with zero attached hydrogens (tertiary/aromatic N) is 1. The lowest BCUT2D eigenvalue weighted by atomic mass is 10.1. The van der Waals surface area contributed by atoms with Crippen molar-refractivity contribution < 1.29 is 33.6 Å². The van der Waals surface area contributed by atoms with Gasteiger partial charge in [0.2, 0.25) is 11.7 Å². The van der Waals surface area contributed by atoms with Crippen molar-refractivity contribution in [2.45, 2.75) is 12.5 Å². The summed E-state index contributed by atoms with van der Waals surface area (Å²) < 4.78 is 9.80. The highest BCUT2D eigenvalue weighted by Crippen LogP contribution is 2.14. The molecule has 0 unspecified atom stereocenters. The minimum atomic E-state index is -1.49. The predicted octanol–water partition coefficient (Wildman–Crippen LogP) is 1.35. The van der Waals surface area contributed by atoms with Gasteiger partial charge in [0.25, 0.3) is 5.69 Å². The number of nitro benzene ring substituents is 1. The first-order valence-electron chi connectivity index (χ1n) is 8.52. The van der Waals surface area contributed by atoms with Crippen LogP contribution in [-0.4, -0.2) is 41.3 Å². The minimum Gasteiger partial charge on any atom is -0.456 e. The number of nitrogens with two attached hydrogens (primary N) is 1. The van der Waals surface area contributed by atoms with Crippen molar-refractivity contribution in [3.05, 3.63) is 70.3 Å². The van der Waals surface area contributed by atoms with E-state index in [1.54, 1.807) is 18.2 Å². The molecule has 2 aromatic rings. The molecule has 2 rings (SSSR count). The summed E-state index contributed by atoms with van der Waals surface area (Å²) >= 11 is 0. The number of non-ortho nitro benzene ring substituents is 1. The molecule has 0 saturated carbocycles. The molecule has 0 heterocycles. The van der Waals surface area contributed by atoms with Gasteiger partial charge in [0.1, 0.15) is 11.8 Å². The first kappa shape index (κ1) is 22.0. The Morgan fingerprint density at radius 3 is 2.40 bits per heavy atom. The molecule has 0 aromatic heterocycles. The van der Waals surface area contributed by atoms with Gasteiger partial charge in [-0.25, -0.2) is 9.59 Å². The molecule has 0 bridgehead atoms. The second kappa shape index (κ2) is 10.3. The van der Waals surface area contributed by atoms with Crippen LogP contribution in [0.2, 0.25) is 0 Å². The largest absolute Gasteiger partial charge is 0.456 e. The van der Waals surface area contributed by atoms with Crippen LogP contribution in [0.4, 0.5) is 10.5 Å². The molecule has 11 nitrogen and oxygen atoms in total. The highest BCUT2D eigenvalue weighted by molar-refractivity contribution is 5.99. The van der Waals surface area contributed by atoms with E-state index in [2.05, 4.69) is 5.32 Å². The highest BCUT2D eigenvalue weighted by Gasteiger charge is 2.26. The number of esters is 1. The Bertz CT molecular complexity index is 961. The van der Waals surface area contributed by atoms with E-state index in [1.165, 1.54) is 30.3 Å². The van der Waals surface area contributed by atoms with Crippen LogP contribution in [-0.2, 0) is 14.3 Å². The van der Waals surface area contributed by atoms with Crippen LogP contribution in [0.25, 0.3) is 0 Å². The lowest BCUT2D eigenvalue weighted by molar-refractivity contribution is -0.384. The molecular weight excluding hydrogens is 398 g/mol. The zero-order valence-corrected chi connectivity index (χ0v) is 15.5. The Labute approximate surface area is 169 Å². The van der Waals surface area contributed by atoms with Crippen molar-refractivity contribution in [1.82, 2.24) is 5.32 Å². The topological polar surface area (TPSA) is 168 Å². The summed E-state index contributed by atoms with van der Waals surface area (Å²) in [6.45, 7) is -0.759. The Morgan fingerprint density at radius 1 is 1.07 bits per heavy atom. The third-order valence-corrected chi connectivity index (χ3v) is 3.66. The van der Waals surface area contributed by atoms with Crippen LogP contribution in [0.15, 0.2) is 54.6 Å². The molecule has 0 spiro atoms. The third kappa shape index (κ3) is 6.71. The summed E-state index contributed by atoms with van der Waals surface area (Å²) in [7, 11) is 0. The summed E-state index contributed by atoms with van der Waals surface area (Å²) in [5.74, 6) is -2.52. The number of ketones is 1. The lowest BCUT2D eigenvalue weighted by Crippen LogP contribution is -2.45. The average molecular weight is 415 g/mol. The van der Waals surface area contributed by atoms with E-state index >= 15 is 0 Å². The molecule has 3 N–H and O–H groups in total. The van der Waals surface area contributed by atoms with E-state index in [0.29, 0.717) is 0 Å². The van der Waals surface area contributed by atoms with Gasteiger partial charge in [0.05, 0.1) is 11.3 Å². The number of ether oxygens (including phenoxy) is 2. The number of hydrogen-bond acceptors (Lipinski definition) is 8. The fourth-order valence-electron chi connectivity index (χ4n) is 2.28. The van der Waals surface area contributed by atoms with Crippen LogP contribution in [0.1, 0.15) is 16.8 Å². The molecule has 1 atom stereocenters. The number of amides is 2. The molecule has 0 radical (unpaired) electrons. The monoisotopic (exact) mass is 415 g/mol. The fourth-order valence-corrected chi connectivity index (χ4v) is 2.28. The number of benzene rings is 2. The molecule has 0 aliphatic rings. The highest BCUT2D eigenvalue weighted by atomic mass is 16.6. The van der Waals surface area contributed by atoms with Gasteiger partial charge in [-0.15, -0.1) is 0 Å². The number of carbonyl (C=O) groups excluding carboxylic acids is 4. The van der Waals surface area contributed by atoms with E-state index in [4.69, 9.17) is 15.2 Å². The summed E-state index contributed by atoms with van der Waals surface area (Å²) in [6.07, 6.45) is -1.62. The first-order valence-corrected chi connectivity index (χ1v) is 8.52. The maximum Gasteiger partial charge on any atom is 0.413 e. The van der Waals surface area contributed by atoms with E-state index in [1.807, 2.05) is 0 Å². The molecule has 156 valence electrons. The number of Topliss-reactive ketones (excluding diaryl/α,β-unsaturated/α-hetero) is 1. The maximum atomic E-state index is 12.2. The Balaban J connectivity index is 1.98. The average Bonchev–Trinajstić information content (AvgIpc) is 2.71. The normalized spacial score (nSPS) is 11.1. The SMILES string of the molecule is NC(=O)C[C@H](NC(=O)Oc1ccccc1)C(=O)OCC(=O)c1cccc([N+](=O)[O-])c1. The van der Waals surface area contributed by atoms with Gasteiger partial charge in [-0.2, -0.15) is 0 Å². The molecule has 0 saturated heterocycles.